The molecular weight excluding hydrogens is 559 g/mol. The lowest BCUT2D eigenvalue weighted by Crippen LogP contribution is -2.52. The fourth-order valence-corrected chi connectivity index (χ4v) is 5.27. The molecule has 40 heavy (non-hydrogen) atoms. The van der Waals surface area contributed by atoms with Crippen LogP contribution in [0.1, 0.15) is 51.0 Å². The van der Waals surface area contributed by atoms with Crippen LogP contribution in [0, 0.1) is 11.8 Å². The number of imide groups is 1. The number of Topliss-reactive ketones (excluding diaryl/α,β-unsaturated/α-hetero) is 1. The predicted molar refractivity (Wildman–Crippen MR) is 144 cm³/mol. The third-order valence-electron chi connectivity index (χ3n) is 6.84. The first-order chi connectivity index (χ1) is 19.1. The van der Waals surface area contributed by atoms with Crippen LogP contribution < -0.4 is 4.74 Å². The van der Waals surface area contributed by atoms with Gasteiger partial charge in [0, 0.05) is 10.6 Å². The third kappa shape index (κ3) is 5.30. The lowest BCUT2D eigenvalue weighted by molar-refractivity contribution is -0.154. The van der Waals surface area contributed by atoms with E-state index in [4.69, 9.17) is 32.4 Å². The number of carbonyl (C=O) groups is 5. The van der Waals surface area contributed by atoms with Crippen LogP contribution in [0.5, 0.6) is 5.75 Å². The van der Waals surface area contributed by atoms with Crippen LogP contribution in [0.4, 0.5) is 0 Å². The summed E-state index contributed by atoms with van der Waals surface area (Å²) in [6.45, 7) is 1.26. The van der Waals surface area contributed by atoms with E-state index in [0.717, 1.165) is 15.6 Å². The number of benzene rings is 2. The summed E-state index contributed by atoms with van der Waals surface area (Å²) in [6.07, 6.45) is 4.00. The zero-order valence-corrected chi connectivity index (χ0v) is 22.6. The zero-order chi connectivity index (χ0) is 28.6. The number of hydrogen-bond acceptors (Lipinski definition) is 7. The van der Waals surface area contributed by atoms with Gasteiger partial charge < -0.3 is 9.15 Å². The van der Waals surface area contributed by atoms with E-state index in [9.17, 15) is 24.0 Å². The zero-order valence-electron chi connectivity index (χ0n) is 21.1. The smallest absolute Gasteiger partial charge is 0.379 e. The molecule has 2 atom stereocenters. The van der Waals surface area contributed by atoms with Crippen molar-refractivity contribution >= 4 is 52.7 Å². The van der Waals surface area contributed by atoms with E-state index in [1.165, 1.54) is 54.8 Å². The lowest BCUT2D eigenvalue weighted by atomic mass is 9.82. The minimum Gasteiger partial charge on any atom is -0.457 e. The quantitative estimate of drug-likeness (QED) is 0.121. The lowest BCUT2D eigenvalue weighted by Gasteiger charge is -2.30. The van der Waals surface area contributed by atoms with Gasteiger partial charge >= 0.3 is 5.97 Å². The van der Waals surface area contributed by atoms with E-state index < -0.39 is 47.9 Å². The summed E-state index contributed by atoms with van der Waals surface area (Å²) in [6, 6.07) is 12.8. The molecule has 0 unspecified atom stereocenters. The third-order valence-corrected chi connectivity index (χ3v) is 7.39. The summed E-state index contributed by atoms with van der Waals surface area (Å²) in [5.74, 6) is -4.23. The predicted octanol–water partition coefficient (Wildman–Crippen LogP) is 5.39. The van der Waals surface area contributed by atoms with Gasteiger partial charge in [0.1, 0.15) is 12.3 Å². The van der Waals surface area contributed by atoms with Crippen LogP contribution in [0.2, 0.25) is 10.0 Å². The van der Waals surface area contributed by atoms with Gasteiger partial charge in [-0.05, 0) is 74.4 Å². The van der Waals surface area contributed by atoms with Crippen molar-refractivity contribution in [3.05, 3.63) is 99.4 Å². The van der Waals surface area contributed by atoms with Gasteiger partial charge in [0.15, 0.2) is 5.78 Å². The van der Waals surface area contributed by atoms with Crippen LogP contribution in [-0.4, -0.2) is 46.0 Å². The Morgan fingerprint density at radius 1 is 1.02 bits per heavy atom. The van der Waals surface area contributed by atoms with Gasteiger partial charge in [-0.15, -0.1) is 0 Å². The molecule has 9 nitrogen and oxygen atoms in total. The molecule has 0 saturated carbocycles. The average molecular weight is 581 g/mol. The van der Waals surface area contributed by atoms with Gasteiger partial charge in [-0.1, -0.05) is 34.9 Å². The van der Waals surface area contributed by atoms with Gasteiger partial charge in [0.05, 0.1) is 28.7 Å². The number of nitrogens with zero attached hydrogens (tertiary/aromatic N) is 2. The number of furan rings is 1. The maximum atomic E-state index is 13.7. The average Bonchev–Trinajstić information content (AvgIpc) is 3.55. The molecule has 1 aliphatic carbocycles. The van der Waals surface area contributed by atoms with Crippen molar-refractivity contribution in [2.24, 2.45) is 11.8 Å². The standard InChI is InChI=1S/C29H22Cl2N2O7/c1-16-4-10-20-22(13-16)28(37)33(27(20)36)32(26(35)21-11-7-18(30)14-23(21)31)15-24(34)17-5-8-19(9-6-17)40-29(38)25-3-2-12-39-25/h2-9,11-12,14,20,22H,10,13,15H2,1H3/t20-,22+/m1/s1. The Labute approximate surface area is 238 Å². The highest BCUT2D eigenvalue weighted by Gasteiger charge is 2.52. The first-order valence-corrected chi connectivity index (χ1v) is 13.1. The number of fused-ring (bicyclic) bond motifs is 1. The van der Waals surface area contributed by atoms with Gasteiger partial charge in [-0.3, -0.25) is 19.2 Å². The molecule has 1 aliphatic heterocycles. The molecule has 0 bridgehead atoms. The molecule has 3 aromatic rings. The van der Waals surface area contributed by atoms with Crippen molar-refractivity contribution in [2.45, 2.75) is 19.8 Å². The maximum absolute atomic E-state index is 13.7. The Bertz CT molecular complexity index is 1550. The minimum atomic E-state index is -0.802. The number of allylic oxidation sites excluding steroid dienone is 2. The Kier molecular flexibility index (Phi) is 7.60. The molecule has 5 rings (SSSR count). The molecule has 1 saturated heterocycles. The summed E-state index contributed by atoms with van der Waals surface area (Å²) in [5.41, 5.74) is 1.11. The number of rotatable bonds is 7. The normalized spacial score (nSPS) is 18.3. The van der Waals surface area contributed by atoms with Crippen LogP contribution in [0.3, 0.4) is 0 Å². The molecule has 1 aromatic heterocycles. The van der Waals surface area contributed by atoms with Gasteiger partial charge in [0.2, 0.25) is 5.76 Å². The monoisotopic (exact) mass is 580 g/mol. The van der Waals surface area contributed by atoms with E-state index in [1.54, 1.807) is 6.07 Å². The molecule has 0 radical (unpaired) electrons. The molecule has 11 heteroatoms. The first kappa shape index (κ1) is 27.4. The van der Waals surface area contributed by atoms with Crippen LogP contribution in [0.25, 0.3) is 0 Å². The second-order valence-electron chi connectivity index (χ2n) is 9.49. The number of ether oxygens (including phenoxy) is 1. The first-order valence-electron chi connectivity index (χ1n) is 12.3. The summed E-state index contributed by atoms with van der Waals surface area (Å²) in [5, 5.41) is 1.93. The molecule has 1 fully saturated rings. The topological polar surface area (TPSA) is 114 Å². The Balaban J connectivity index is 1.41. The van der Waals surface area contributed by atoms with Crippen molar-refractivity contribution in [1.29, 1.82) is 0 Å². The second kappa shape index (κ2) is 11.1. The number of carbonyl (C=O) groups excluding carboxylic acids is 5. The fourth-order valence-electron chi connectivity index (χ4n) is 4.78. The van der Waals surface area contributed by atoms with Crippen molar-refractivity contribution in [3.8, 4) is 5.75 Å². The molecular formula is C29H22Cl2N2O7. The van der Waals surface area contributed by atoms with E-state index in [1.807, 2.05) is 13.0 Å². The molecule has 204 valence electrons. The van der Waals surface area contributed by atoms with E-state index in [2.05, 4.69) is 0 Å². The second-order valence-corrected chi connectivity index (χ2v) is 10.3. The molecule has 2 heterocycles. The largest absolute Gasteiger partial charge is 0.457 e. The number of amides is 3. The van der Waals surface area contributed by atoms with E-state index >= 15 is 0 Å². The number of esters is 1. The fraction of sp³-hybridized carbons (Fsp3) is 0.207. The highest BCUT2D eigenvalue weighted by Crippen LogP contribution is 2.39. The van der Waals surface area contributed by atoms with Gasteiger partial charge in [-0.25, -0.2) is 9.80 Å². The highest BCUT2D eigenvalue weighted by atomic mass is 35.5. The van der Waals surface area contributed by atoms with Crippen molar-refractivity contribution in [3.63, 3.8) is 0 Å². The maximum Gasteiger partial charge on any atom is 0.379 e. The number of ketones is 1. The SMILES string of the molecule is CC1=CC[C@H]2C(=O)N(N(CC(=O)c3ccc(OC(=O)c4ccco4)cc3)C(=O)c3ccc(Cl)cc3Cl)C(=O)[C@H]2C1. The van der Waals surface area contributed by atoms with Crippen LogP contribution in [0.15, 0.2) is 76.9 Å². The summed E-state index contributed by atoms with van der Waals surface area (Å²) in [4.78, 5) is 66.0. The van der Waals surface area contributed by atoms with E-state index in [-0.39, 0.29) is 32.7 Å². The summed E-state index contributed by atoms with van der Waals surface area (Å²) < 4.78 is 10.2. The number of hydrazine groups is 1. The van der Waals surface area contributed by atoms with Crippen molar-refractivity contribution < 1.29 is 33.1 Å². The molecule has 0 N–H and O–H groups in total. The van der Waals surface area contributed by atoms with Crippen molar-refractivity contribution in [2.75, 3.05) is 6.54 Å². The molecule has 2 aliphatic rings. The Morgan fingerprint density at radius 3 is 2.42 bits per heavy atom. The number of halogens is 2. The Hall–Kier alpha value is -4.21. The molecule has 0 spiro atoms. The van der Waals surface area contributed by atoms with Crippen molar-refractivity contribution in [1.82, 2.24) is 10.0 Å². The minimum absolute atomic E-state index is 0.00620. The summed E-state index contributed by atoms with van der Waals surface area (Å²) in [7, 11) is 0. The molecule has 2 aromatic carbocycles. The van der Waals surface area contributed by atoms with Crippen LogP contribution in [-0.2, 0) is 9.59 Å². The van der Waals surface area contributed by atoms with Crippen LogP contribution >= 0.6 is 23.2 Å². The summed E-state index contributed by atoms with van der Waals surface area (Å²) >= 11 is 12.3. The number of hydrogen-bond donors (Lipinski definition) is 0. The molecule has 3 amide bonds. The van der Waals surface area contributed by atoms with Gasteiger partial charge in [0.25, 0.3) is 17.7 Å². The highest BCUT2D eigenvalue weighted by molar-refractivity contribution is 6.36. The Morgan fingerprint density at radius 2 is 1.75 bits per heavy atom. The van der Waals surface area contributed by atoms with E-state index in [0.29, 0.717) is 12.8 Å². The van der Waals surface area contributed by atoms with Gasteiger partial charge in [-0.2, -0.15) is 5.01 Å².